The van der Waals surface area contributed by atoms with Crippen molar-refractivity contribution < 1.29 is 19.2 Å². The number of hydrogen-bond donors (Lipinski definition) is 0. The molecule has 150 valence electrons. The molecule has 3 aromatic carbocycles. The van der Waals surface area contributed by atoms with Gasteiger partial charge in [0, 0.05) is 15.7 Å². The summed E-state index contributed by atoms with van der Waals surface area (Å²) >= 11 is 3.30. The second kappa shape index (κ2) is 7.14. The number of nitrogens with zero attached hydrogens (tertiary/aromatic N) is 2. The molecule has 0 saturated carbocycles. The Kier molecular flexibility index (Phi) is 4.41. The van der Waals surface area contributed by atoms with Gasteiger partial charge < -0.3 is 0 Å². The SMILES string of the molecule is O=C1C(=O)N2C(=C1C(=O)c1ccc(Br)cc1)C(=O)N(c1ccccc1)c1ccccc12. The van der Waals surface area contributed by atoms with E-state index >= 15 is 0 Å². The maximum Gasteiger partial charge on any atom is 0.304 e. The molecule has 2 amide bonds. The Labute approximate surface area is 185 Å². The number of benzene rings is 3. The minimum absolute atomic E-state index is 0.214. The number of ketones is 2. The van der Waals surface area contributed by atoms with E-state index in [-0.39, 0.29) is 11.3 Å². The summed E-state index contributed by atoms with van der Waals surface area (Å²) < 4.78 is 0.759. The molecule has 0 atom stereocenters. The Morgan fingerprint density at radius 3 is 1.90 bits per heavy atom. The fourth-order valence-corrected chi connectivity index (χ4v) is 4.07. The number of rotatable bonds is 3. The molecule has 31 heavy (non-hydrogen) atoms. The van der Waals surface area contributed by atoms with Gasteiger partial charge in [0.15, 0.2) is 5.78 Å². The summed E-state index contributed by atoms with van der Waals surface area (Å²) in [4.78, 5) is 55.1. The van der Waals surface area contributed by atoms with Crippen LogP contribution in [0.4, 0.5) is 17.1 Å². The predicted molar refractivity (Wildman–Crippen MR) is 118 cm³/mol. The van der Waals surface area contributed by atoms with Crippen LogP contribution >= 0.6 is 15.9 Å². The fourth-order valence-electron chi connectivity index (χ4n) is 3.81. The normalized spacial score (nSPS) is 15.3. The number of carbonyl (C=O) groups is 4. The van der Waals surface area contributed by atoms with E-state index < -0.39 is 29.0 Å². The second-order valence-electron chi connectivity index (χ2n) is 6.99. The smallest absolute Gasteiger partial charge is 0.288 e. The quantitative estimate of drug-likeness (QED) is 0.325. The summed E-state index contributed by atoms with van der Waals surface area (Å²) in [6.45, 7) is 0. The molecule has 2 heterocycles. The summed E-state index contributed by atoms with van der Waals surface area (Å²) in [6.07, 6.45) is 0. The lowest BCUT2D eigenvalue weighted by atomic mass is 9.99. The number of anilines is 3. The molecule has 7 heteroatoms. The lowest BCUT2D eigenvalue weighted by molar-refractivity contribution is -0.132. The monoisotopic (exact) mass is 472 g/mol. The van der Waals surface area contributed by atoms with Gasteiger partial charge in [-0.1, -0.05) is 46.3 Å². The van der Waals surface area contributed by atoms with E-state index in [1.165, 1.54) is 17.0 Å². The third-order valence-electron chi connectivity index (χ3n) is 5.20. The number of para-hydroxylation sites is 3. The van der Waals surface area contributed by atoms with Gasteiger partial charge in [-0.2, -0.15) is 0 Å². The summed E-state index contributed by atoms with van der Waals surface area (Å²) in [7, 11) is 0. The van der Waals surface area contributed by atoms with Crippen molar-refractivity contribution in [3.05, 3.63) is 100 Å². The molecule has 5 rings (SSSR count). The van der Waals surface area contributed by atoms with Gasteiger partial charge in [0.2, 0.25) is 0 Å². The van der Waals surface area contributed by atoms with Crippen LogP contribution in [0.25, 0.3) is 0 Å². The van der Waals surface area contributed by atoms with Crippen molar-refractivity contribution in [2.45, 2.75) is 0 Å². The Bertz CT molecular complexity index is 1310. The minimum Gasteiger partial charge on any atom is -0.288 e. The van der Waals surface area contributed by atoms with Crippen LogP contribution in [0.15, 0.2) is 94.6 Å². The van der Waals surface area contributed by atoms with Crippen LogP contribution in [0.1, 0.15) is 10.4 Å². The number of amides is 2. The average Bonchev–Trinajstić information content (AvgIpc) is 3.06. The zero-order chi connectivity index (χ0) is 21.7. The van der Waals surface area contributed by atoms with Crippen LogP contribution in [0.3, 0.4) is 0 Å². The molecule has 0 radical (unpaired) electrons. The summed E-state index contributed by atoms with van der Waals surface area (Å²) in [6, 6.07) is 22.1. The molecule has 0 aliphatic carbocycles. The molecule has 2 aliphatic heterocycles. The van der Waals surface area contributed by atoms with E-state index in [1.807, 2.05) is 6.07 Å². The lowest BCUT2D eigenvalue weighted by Crippen LogP contribution is -2.42. The molecule has 3 aromatic rings. The van der Waals surface area contributed by atoms with Gasteiger partial charge in [0.05, 0.1) is 11.4 Å². The maximum absolute atomic E-state index is 13.6. The Morgan fingerprint density at radius 2 is 1.26 bits per heavy atom. The highest BCUT2D eigenvalue weighted by Crippen LogP contribution is 2.45. The molecule has 6 nitrogen and oxygen atoms in total. The van der Waals surface area contributed by atoms with Gasteiger partial charge in [-0.3, -0.25) is 29.0 Å². The summed E-state index contributed by atoms with van der Waals surface area (Å²) in [5, 5.41) is 0. The fraction of sp³-hybridized carbons (Fsp3) is 0. The standard InChI is InChI=1S/C24H13BrN2O4/c25-15-12-10-14(11-13-15)21(28)19-20-23(30)26(16-6-2-1-3-7-16)17-8-4-5-9-18(17)27(20)24(31)22(19)29/h1-13H. The topological polar surface area (TPSA) is 74.8 Å². The molecule has 2 aliphatic rings. The zero-order valence-corrected chi connectivity index (χ0v) is 17.5. The van der Waals surface area contributed by atoms with Crippen molar-refractivity contribution in [2.24, 2.45) is 0 Å². The zero-order valence-electron chi connectivity index (χ0n) is 15.9. The molecule has 0 N–H and O–H groups in total. The van der Waals surface area contributed by atoms with Crippen molar-refractivity contribution in [2.75, 3.05) is 9.80 Å². The lowest BCUT2D eigenvalue weighted by Gasteiger charge is -2.35. The molecular formula is C24H13BrN2O4. The van der Waals surface area contributed by atoms with Gasteiger partial charge in [-0.15, -0.1) is 0 Å². The highest BCUT2D eigenvalue weighted by Gasteiger charge is 2.50. The van der Waals surface area contributed by atoms with Crippen molar-refractivity contribution in [1.82, 2.24) is 0 Å². The highest BCUT2D eigenvalue weighted by molar-refractivity contribution is 9.10. The number of carbonyl (C=O) groups excluding carboxylic acids is 4. The average molecular weight is 473 g/mol. The Hall–Kier alpha value is -3.84. The van der Waals surface area contributed by atoms with Gasteiger partial charge in [-0.05, 0) is 48.5 Å². The maximum atomic E-state index is 13.6. The van der Waals surface area contributed by atoms with Crippen LogP contribution in [0.2, 0.25) is 0 Å². The Morgan fingerprint density at radius 1 is 0.677 bits per heavy atom. The number of halogens is 1. The van der Waals surface area contributed by atoms with Crippen molar-refractivity contribution in [3.63, 3.8) is 0 Å². The molecule has 0 spiro atoms. The van der Waals surface area contributed by atoms with E-state index in [0.717, 1.165) is 9.37 Å². The first-order valence-corrected chi connectivity index (χ1v) is 10.2. The van der Waals surface area contributed by atoms with E-state index in [4.69, 9.17) is 0 Å². The van der Waals surface area contributed by atoms with Crippen molar-refractivity contribution >= 4 is 56.4 Å². The van der Waals surface area contributed by atoms with Gasteiger partial charge in [-0.25, -0.2) is 0 Å². The molecule has 0 unspecified atom stereocenters. The highest BCUT2D eigenvalue weighted by atomic mass is 79.9. The largest absolute Gasteiger partial charge is 0.304 e. The van der Waals surface area contributed by atoms with E-state index in [1.54, 1.807) is 60.7 Å². The summed E-state index contributed by atoms with van der Waals surface area (Å²) in [5.74, 6) is -3.17. The van der Waals surface area contributed by atoms with Crippen LogP contribution in [-0.2, 0) is 14.4 Å². The number of hydrogen-bond acceptors (Lipinski definition) is 4. The first-order valence-electron chi connectivity index (χ1n) is 9.41. The third kappa shape index (κ3) is 2.85. The predicted octanol–water partition coefficient (Wildman–Crippen LogP) is 4.18. The molecule has 0 bridgehead atoms. The van der Waals surface area contributed by atoms with Crippen LogP contribution in [0.5, 0.6) is 0 Å². The van der Waals surface area contributed by atoms with Crippen molar-refractivity contribution in [3.8, 4) is 0 Å². The van der Waals surface area contributed by atoms with E-state index in [2.05, 4.69) is 15.9 Å². The molecule has 0 saturated heterocycles. The van der Waals surface area contributed by atoms with Crippen molar-refractivity contribution in [1.29, 1.82) is 0 Å². The second-order valence-corrected chi connectivity index (χ2v) is 7.91. The molecule has 0 fully saturated rings. The van der Waals surface area contributed by atoms with Crippen LogP contribution in [0, 0.1) is 0 Å². The number of Topliss-reactive ketones (excluding diaryl/α,β-unsaturated/α-hetero) is 2. The molecular weight excluding hydrogens is 460 g/mol. The van der Waals surface area contributed by atoms with Crippen LogP contribution in [-0.4, -0.2) is 23.4 Å². The third-order valence-corrected chi connectivity index (χ3v) is 5.73. The van der Waals surface area contributed by atoms with Gasteiger partial charge >= 0.3 is 5.91 Å². The first kappa shape index (κ1) is 19.1. The van der Waals surface area contributed by atoms with Gasteiger partial charge in [0.25, 0.3) is 11.7 Å². The minimum atomic E-state index is -0.985. The summed E-state index contributed by atoms with van der Waals surface area (Å²) in [5.41, 5.74) is 0.984. The molecule has 0 aromatic heterocycles. The Balaban J connectivity index is 1.76. The van der Waals surface area contributed by atoms with E-state index in [0.29, 0.717) is 17.1 Å². The first-order chi connectivity index (χ1) is 15.0. The van der Waals surface area contributed by atoms with Gasteiger partial charge in [0.1, 0.15) is 11.3 Å². The van der Waals surface area contributed by atoms with E-state index in [9.17, 15) is 19.2 Å². The number of fused-ring (bicyclic) bond motifs is 3. The van der Waals surface area contributed by atoms with Crippen LogP contribution < -0.4 is 9.80 Å².